The second kappa shape index (κ2) is 7.37. The zero-order valence-corrected chi connectivity index (χ0v) is 13.4. The molecule has 120 valence electrons. The Morgan fingerprint density at radius 2 is 2.09 bits per heavy atom. The maximum atomic E-state index is 12.1. The molecule has 0 bridgehead atoms. The third-order valence-electron chi connectivity index (χ3n) is 3.68. The van der Waals surface area contributed by atoms with Crippen molar-refractivity contribution in [3.05, 3.63) is 54.0 Å². The largest absolute Gasteiger partial charge is 0.459 e. The SMILES string of the molecule is O=C(CCNC(=O)c1ccco1)N[C@@H]1CCSc2ccccc21. The van der Waals surface area contributed by atoms with E-state index in [4.69, 9.17) is 4.42 Å². The molecule has 1 aromatic carbocycles. The summed E-state index contributed by atoms with van der Waals surface area (Å²) in [5.41, 5.74) is 1.18. The molecule has 3 rings (SSSR count). The summed E-state index contributed by atoms with van der Waals surface area (Å²) in [5, 5.41) is 5.73. The maximum Gasteiger partial charge on any atom is 0.286 e. The number of thioether (sulfide) groups is 1. The molecule has 2 N–H and O–H groups in total. The highest BCUT2D eigenvalue weighted by atomic mass is 32.2. The first-order valence-corrected chi connectivity index (χ1v) is 8.55. The van der Waals surface area contributed by atoms with Gasteiger partial charge < -0.3 is 15.1 Å². The number of hydrogen-bond acceptors (Lipinski definition) is 4. The highest BCUT2D eigenvalue weighted by molar-refractivity contribution is 7.99. The maximum absolute atomic E-state index is 12.1. The summed E-state index contributed by atoms with van der Waals surface area (Å²) in [4.78, 5) is 25.0. The number of hydrogen-bond donors (Lipinski definition) is 2. The number of carbonyl (C=O) groups is 2. The number of fused-ring (bicyclic) bond motifs is 1. The molecular weight excluding hydrogens is 312 g/mol. The van der Waals surface area contributed by atoms with Crippen LogP contribution in [-0.2, 0) is 4.79 Å². The van der Waals surface area contributed by atoms with Gasteiger partial charge in [0, 0.05) is 23.6 Å². The Hall–Kier alpha value is -2.21. The molecule has 1 aliphatic rings. The third-order valence-corrected chi connectivity index (χ3v) is 4.80. The topological polar surface area (TPSA) is 71.3 Å². The molecule has 0 aliphatic carbocycles. The first kappa shape index (κ1) is 15.7. The predicted octanol–water partition coefficient (Wildman–Crippen LogP) is 2.75. The lowest BCUT2D eigenvalue weighted by atomic mass is 10.0. The zero-order chi connectivity index (χ0) is 16.1. The molecule has 1 aromatic heterocycles. The van der Waals surface area contributed by atoms with E-state index in [0.29, 0.717) is 0 Å². The Balaban J connectivity index is 1.48. The molecule has 2 aromatic rings. The molecule has 1 aliphatic heterocycles. The lowest BCUT2D eigenvalue weighted by Gasteiger charge is -2.25. The summed E-state index contributed by atoms with van der Waals surface area (Å²) in [6, 6.07) is 11.5. The molecule has 6 heteroatoms. The van der Waals surface area contributed by atoms with Crippen LogP contribution in [0.2, 0.25) is 0 Å². The van der Waals surface area contributed by atoms with Gasteiger partial charge in [-0.3, -0.25) is 9.59 Å². The number of rotatable bonds is 5. The van der Waals surface area contributed by atoms with Gasteiger partial charge in [-0.1, -0.05) is 18.2 Å². The van der Waals surface area contributed by atoms with Gasteiger partial charge >= 0.3 is 0 Å². The Morgan fingerprint density at radius 1 is 1.22 bits per heavy atom. The van der Waals surface area contributed by atoms with E-state index in [1.165, 1.54) is 16.7 Å². The minimum Gasteiger partial charge on any atom is -0.459 e. The molecular formula is C17H18N2O3S. The Bertz CT molecular complexity index is 685. The Kier molecular flexibility index (Phi) is 5.02. The van der Waals surface area contributed by atoms with E-state index in [1.807, 2.05) is 23.9 Å². The standard InChI is InChI=1S/C17H18N2O3S/c20-16(7-9-18-17(21)14-5-3-10-22-14)19-13-8-11-23-15-6-2-1-4-12(13)15/h1-6,10,13H,7-9,11H2,(H,18,21)(H,19,20)/t13-/m1/s1. The highest BCUT2D eigenvalue weighted by Gasteiger charge is 2.21. The third kappa shape index (κ3) is 3.96. The molecule has 0 saturated heterocycles. The molecule has 0 saturated carbocycles. The molecule has 2 heterocycles. The Labute approximate surface area is 138 Å². The van der Waals surface area contributed by atoms with E-state index in [0.717, 1.165) is 12.2 Å². The van der Waals surface area contributed by atoms with Gasteiger partial charge in [-0.2, -0.15) is 0 Å². The van der Waals surface area contributed by atoms with Crippen molar-refractivity contribution >= 4 is 23.6 Å². The average molecular weight is 330 g/mol. The fourth-order valence-corrected chi connectivity index (χ4v) is 3.67. The van der Waals surface area contributed by atoms with Crippen molar-refractivity contribution < 1.29 is 14.0 Å². The monoisotopic (exact) mass is 330 g/mol. The minimum atomic E-state index is -0.304. The van der Waals surface area contributed by atoms with Gasteiger partial charge in [0.1, 0.15) is 0 Å². The first-order valence-electron chi connectivity index (χ1n) is 7.57. The summed E-state index contributed by atoms with van der Waals surface area (Å²) < 4.78 is 5.00. The van der Waals surface area contributed by atoms with Crippen LogP contribution in [0.1, 0.15) is 35.0 Å². The first-order chi connectivity index (χ1) is 11.2. The van der Waals surface area contributed by atoms with Gasteiger partial charge in [-0.05, 0) is 30.2 Å². The summed E-state index contributed by atoms with van der Waals surface area (Å²) in [6.45, 7) is 0.286. The van der Waals surface area contributed by atoms with E-state index in [9.17, 15) is 9.59 Å². The lowest BCUT2D eigenvalue weighted by molar-refractivity contribution is -0.121. The predicted molar refractivity (Wildman–Crippen MR) is 88.3 cm³/mol. The van der Waals surface area contributed by atoms with E-state index in [1.54, 1.807) is 12.1 Å². The van der Waals surface area contributed by atoms with E-state index < -0.39 is 0 Å². The molecule has 0 radical (unpaired) electrons. The summed E-state index contributed by atoms with van der Waals surface area (Å²) in [6.07, 6.45) is 2.62. The van der Waals surface area contributed by atoms with Gasteiger partial charge in [0.25, 0.3) is 5.91 Å². The van der Waals surface area contributed by atoms with Crippen LogP contribution >= 0.6 is 11.8 Å². The molecule has 5 nitrogen and oxygen atoms in total. The van der Waals surface area contributed by atoms with Crippen LogP contribution in [0, 0.1) is 0 Å². The fourth-order valence-electron chi connectivity index (χ4n) is 2.54. The summed E-state index contributed by atoms with van der Waals surface area (Å²) in [7, 11) is 0. The highest BCUT2D eigenvalue weighted by Crippen LogP contribution is 2.35. The van der Waals surface area contributed by atoms with Crippen LogP contribution < -0.4 is 10.6 Å². The average Bonchev–Trinajstić information content (AvgIpc) is 3.10. The smallest absolute Gasteiger partial charge is 0.286 e. The van der Waals surface area contributed by atoms with Crippen LogP contribution in [0.4, 0.5) is 0 Å². The van der Waals surface area contributed by atoms with Crippen molar-refractivity contribution in [2.45, 2.75) is 23.8 Å². The number of benzene rings is 1. The zero-order valence-electron chi connectivity index (χ0n) is 12.6. The Morgan fingerprint density at radius 3 is 2.91 bits per heavy atom. The fraction of sp³-hybridized carbons (Fsp3) is 0.294. The van der Waals surface area contributed by atoms with Crippen LogP contribution in [0.25, 0.3) is 0 Å². The number of furan rings is 1. The molecule has 0 spiro atoms. The van der Waals surface area contributed by atoms with Gasteiger partial charge in [-0.15, -0.1) is 11.8 Å². The molecule has 1 atom stereocenters. The minimum absolute atomic E-state index is 0.0562. The van der Waals surface area contributed by atoms with Gasteiger partial charge in [0.2, 0.25) is 5.91 Å². The van der Waals surface area contributed by atoms with E-state index in [-0.39, 0.29) is 36.6 Å². The molecule has 23 heavy (non-hydrogen) atoms. The van der Waals surface area contributed by atoms with Crippen LogP contribution in [0.15, 0.2) is 52.0 Å². The second-order valence-electron chi connectivity index (χ2n) is 5.28. The van der Waals surface area contributed by atoms with Gasteiger partial charge in [-0.25, -0.2) is 0 Å². The lowest BCUT2D eigenvalue weighted by Crippen LogP contribution is -2.34. The molecule has 0 fully saturated rings. The van der Waals surface area contributed by atoms with Gasteiger partial charge in [0.15, 0.2) is 5.76 Å². The number of nitrogens with one attached hydrogen (secondary N) is 2. The van der Waals surface area contributed by atoms with Crippen molar-refractivity contribution in [1.82, 2.24) is 10.6 Å². The van der Waals surface area contributed by atoms with Crippen molar-refractivity contribution in [2.75, 3.05) is 12.3 Å². The van der Waals surface area contributed by atoms with Crippen LogP contribution in [0.5, 0.6) is 0 Å². The quantitative estimate of drug-likeness (QED) is 0.884. The molecule has 2 amide bonds. The van der Waals surface area contributed by atoms with Crippen molar-refractivity contribution in [2.24, 2.45) is 0 Å². The molecule has 0 unspecified atom stereocenters. The van der Waals surface area contributed by atoms with Gasteiger partial charge in [0.05, 0.1) is 12.3 Å². The van der Waals surface area contributed by atoms with E-state index in [2.05, 4.69) is 22.8 Å². The van der Waals surface area contributed by atoms with Crippen molar-refractivity contribution in [3.8, 4) is 0 Å². The van der Waals surface area contributed by atoms with Crippen molar-refractivity contribution in [1.29, 1.82) is 0 Å². The second-order valence-corrected chi connectivity index (χ2v) is 6.42. The summed E-state index contributed by atoms with van der Waals surface area (Å²) >= 11 is 1.82. The van der Waals surface area contributed by atoms with Crippen molar-refractivity contribution in [3.63, 3.8) is 0 Å². The summed E-state index contributed by atoms with van der Waals surface area (Å²) in [5.74, 6) is 0.888. The number of amides is 2. The van der Waals surface area contributed by atoms with Crippen LogP contribution in [-0.4, -0.2) is 24.1 Å². The normalized spacial score (nSPS) is 16.4. The number of carbonyl (C=O) groups excluding carboxylic acids is 2. The van der Waals surface area contributed by atoms with Crippen LogP contribution in [0.3, 0.4) is 0 Å². The van der Waals surface area contributed by atoms with E-state index >= 15 is 0 Å².